The second kappa shape index (κ2) is 7.88. The molecule has 0 saturated heterocycles. The zero-order chi connectivity index (χ0) is 10.1. The van der Waals surface area contributed by atoms with Crippen LogP contribution in [0.1, 0.15) is 6.42 Å². The van der Waals surface area contributed by atoms with Gasteiger partial charge >= 0.3 is 0 Å². The number of carbonyl (C=O) groups excluding carboxylic acids is 2. The minimum atomic E-state index is -0.543. The maximum absolute atomic E-state index is 10.9. The second-order valence-corrected chi connectivity index (χ2v) is 2.78. The van der Waals surface area contributed by atoms with Gasteiger partial charge in [0.05, 0.1) is 0 Å². The number of thiol groups is 1. The molecule has 0 spiro atoms. The van der Waals surface area contributed by atoms with Crippen molar-refractivity contribution >= 4 is 24.4 Å². The summed E-state index contributed by atoms with van der Waals surface area (Å²) in [6.07, 6.45) is 0.222. The number of aliphatic hydroxyl groups is 1. The van der Waals surface area contributed by atoms with E-state index >= 15 is 0 Å². The number of nitrogens with one attached hydrogen (secondary N) is 2. The van der Waals surface area contributed by atoms with Gasteiger partial charge in [0, 0.05) is 25.3 Å². The van der Waals surface area contributed by atoms with Crippen molar-refractivity contribution in [3.8, 4) is 0 Å². The zero-order valence-corrected chi connectivity index (χ0v) is 8.14. The summed E-state index contributed by atoms with van der Waals surface area (Å²) in [5.41, 5.74) is 0. The van der Waals surface area contributed by atoms with E-state index in [-0.39, 0.29) is 18.9 Å². The number of aliphatic hydroxyl groups excluding tert-OH is 1. The Hall–Kier alpha value is -0.750. The molecular formula is C7H14N2O3S. The third kappa shape index (κ3) is 7.61. The van der Waals surface area contributed by atoms with Crippen LogP contribution in [0.4, 0.5) is 0 Å². The van der Waals surface area contributed by atoms with Crippen LogP contribution in [0, 0.1) is 0 Å². The summed E-state index contributed by atoms with van der Waals surface area (Å²) in [4.78, 5) is 21.4. The molecule has 0 atom stereocenters. The number of hydrogen-bond acceptors (Lipinski definition) is 4. The Balaban J connectivity index is 3.31. The maximum Gasteiger partial charge on any atom is 0.245 e. The first-order valence-corrected chi connectivity index (χ1v) is 4.59. The standard InChI is InChI=1S/C7H14N2O3S/c10-5-7(12)8-2-1-6(11)9-3-4-13/h10,13H,1-5H2,(H,8,12)(H,9,11). The predicted molar refractivity (Wildman–Crippen MR) is 51.6 cm³/mol. The van der Waals surface area contributed by atoms with Crippen molar-refractivity contribution in [2.24, 2.45) is 0 Å². The highest BCUT2D eigenvalue weighted by Gasteiger charge is 2.01. The van der Waals surface area contributed by atoms with Gasteiger partial charge < -0.3 is 15.7 Å². The summed E-state index contributed by atoms with van der Waals surface area (Å²) in [7, 11) is 0. The van der Waals surface area contributed by atoms with Crippen LogP contribution in [0.5, 0.6) is 0 Å². The van der Waals surface area contributed by atoms with Crippen LogP contribution < -0.4 is 10.6 Å². The van der Waals surface area contributed by atoms with E-state index in [1.807, 2.05) is 0 Å². The molecule has 13 heavy (non-hydrogen) atoms. The molecule has 0 aromatic rings. The van der Waals surface area contributed by atoms with Crippen LogP contribution in [0.3, 0.4) is 0 Å². The summed E-state index contributed by atoms with van der Waals surface area (Å²) in [5, 5.41) is 13.3. The Morgan fingerprint density at radius 3 is 2.31 bits per heavy atom. The summed E-state index contributed by atoms with van der Waals surface area (Å²) < 4.78 is 0. The lowest BCUT2D eigenvalue weighted by molar-refractivity contribution is -0.124. The molecule has 0 radical (unpaired) electrons. The summed E-state index contributed by atoms with van der Waals surface area (Å²) in [5.74, 6) is -0.0105. The first-order chi connectivity index (χ1) is 6.20. The molecule has 0 aromatic heterocycles. The van der Waals surface area contributed by atoms with Crippen molar-refractivity contribution in [1.29, 1.82) is 0 Å². The Bertz CT molecular complexity index is 175. The minimum absolute atomic E-state index is 0.132. The Morgan fingerprint density at radius 2 is 1.77 bits per heavy atom. The Kier molecular flexibility index (Phi) is 7.42. The molecule has 0 saturated carbocycles. The topological polar surface area (TPSA) is 78.4 Å². The van der Waals surface area contributed by atoms with Gasteiger partial charge in [-0.05, 0) is 0 Å². The SMILES string of the molecule is O=C(CO)NCCC(=O)NCCS. The van der Waals surface area contributed by atoms with Crippen LogP contribution >= 0.6 is 12.6 Å². The normalized spacial score (nSPS) is 9.38. The fourth-order valence-electron chi connectivity index (χ4n) is 0.655. The average molecular weight is 206 g/mol. The number of hydrogen-bond donors (Lipinski definition) is 4. The molecule has 0 heterocycles. The molecule has 76 valence electrons. The van der Waals surface area contributed by atoms with Gasteiger partial charge in [-0.3, -0.25) is 9.59 Å². The molecule has 2 amide bonds. The van der Waals surface area contributed by atoms with Crippen molar-refractivity contribution < 1.29 is 14.7 Å². The predicted octanol–water partition coefficient (Wildman–Crippen LogP) is -1.47. The van der Waals surface area contributed by atoms with E-state index < -0.39 is 12.5 Å². The van der Waals surface area contributed by atoms with Gasteiger partial charge in [-0.1, -0.05) is 0 Å². The van der Waals surface area contributed by atoms with Gasteiger partial charge in [-0.25, -0.2) is 0 Å². The molecule has 6 heteroatoms. The Morgan fingerprint density at radius 1 is 1.15 bits per heavy atom. The van der Waals surface area contributed by atoms with E-state index in [4.69, 9.17) is 5.11 Å². The third-order valence-electron chi connectivity index (χ3n) is 1.25. The summed E-state index contributed by atoms with van der Waals surface area (Å²) in [6.45, 7) is 0.228. The first-order valence-electron chi connectivity index (χ1n) is 3.95. The van der Waals surface area contributed by atoms with E-state index in [0.29, 0.717) is 12.3 Å². The molecule has 0 aliphatic carbocycles. The molecule has 0 unspecified atom stereocenters. The number of rotatable bonds is 6. The highest BCUT2D eigenvalue weighted by atomic mass is 32.1. The lowest BCUT2D eigenvalue weighted by atomic mass is 10.4. The van der Waals surface area contributed by atoms with Crippen LogP contribution in [0.15, 0.2) is 0 Å². The summed E-state index contributed by atoms with van der Waals surface area (Å²) in [6, 6.07) is 0. The molecule has 5 nitrogen and oxygen atoms in total. The molecule has 0 bridgehead atoms. The van der Waals surface area contributed by atoms with Crippen molar-refractivity contribution in [3.05, 3.63) is 0 Å². The third-order valence-corrected chi connectivity index (χ3v) is 1.48. The van der Waals surface area contributed by atoms with Crippen molar-refractivity contribution in [3.63, 3.8) is 0 Å². The fourth-order valence-corrected chi connectivity index (χ4v) is 0.767. The van der Waals surface area contributed by atoms with Gasteiger partial charge in [0.25, 0.3) is 0 Å². The van der Waals surface area contributed by atoms with Gasteiger partial charge in [0.1, 0.15) is 6.61 Å². The molecule has 0 aromatic carbocycles. The minimum Gasteiger partial charge on any atom is -0.387 e. The zero-order valence-electron chi connectivity index (χ0n) is 7.25. The molecule has 0 rings (SSSR count). The molecular weight excluding hydrogens is 192 g/mol. The highest BCUT2D eigenvalue weighted by Crippen LogP contribution is 1.78. The van der Waals surface area contributed by atoms with E-state index in [1.54, 1.807) is 0 Å². The molecule has 0 aliphatic rings. The van der Waals surface area contributed by atoms with Crippen LogP contribution in [-0.4, -0.2) is 42.4 Å². The molecule has 3 N–H and O–H groups in total. The van der Waals surface area contributed by atoms with E-state index in [1.165, 1.54) is 0 Å². The maximum atomic E-state index is 10.9. The van der Waals surface area contributed by atoms with Crippen molar-refractivity contribution in [2.75, 3.05) is 25.4 Å². The Labute approximate surface area is 82.3 Å². The van der Waals surface area contributed by atoms with Crippen LogP contribution in [0.25, 0.3) is 0 Å². The smallest absolute Gasteiger partial charge is 0.245 e. The van der Waals surface area contributed by atoms with E-state index in [2.05, 4.69) is 23.3 Å². The molecule has 0 aliphatic heterocycles. The monoisotopic (exact) mass is 206 g/mol. The highest BCUT2D eigenvalue weighted by molar-refractivity contribution is 7.80. The van der Waals surface area contributed by atoms with Gasteiger partial charge in [-0.2, -0.15) is 12.6 Å². The van der Waals surface area contributed by atoms with Gasteiger partial charge in [-0.15, -0.1) is 0 Å². The van der Waals surface area contributed by atoms with E-state index in [9.17, 15) is 9.59 Å². The fraction of sp³-hybridized carbons (Fsp3) is 0.714. The first kappa shape index (κ1) is 12.2. The number of carbonyl (C=O) groups is 2. The largest absolute Gasteiger partial charge is 0.387 e. The number of amides is 2. The lowest BCUT2D eigenvalue weighted by Gasteiger charge is -2.03. The molecule has 0 fully saturated rings. The quantitative estimate of drug-likeness (QED) is 0.401. The van der Waals surface area contributed by atoms with Crippen LogP contribution in [-0.2, 0) is 9.59 Å². The van der Waals surface area contributed by atoms with Crippen LogP contribution in [0.2, 0.25) is 0 Å². The summed E-state index contributed by atoms with van der Waals surface area (Å²) >= 11 is 3.92. The second-order valence-electron chi connectivity index (χ2n) is 2.33. The van der Waals surface area contributed by atoms with Gasteiger partial charge in [0.15, 0.2) is 0 Å². The average Bonchev–Trinajstić information content (AvgIpc) is 2.14. The van der Waals surface area contributed by atoms with Crippen molar-refractivity contribution in [2.45, 2.75) is 6.42 Å². The lowest BCUT2D eigenvalue weighted by Crippen LogP contribution is -2.32. The van der Waals surface area contributed by atoms with Gasteiger partial charge in [0.2, 0.25) is 11.8 Å². The van der Waals surface area contributed by atoms with E-state index in [0.717, 1.165) is 0 Å². The van der Waals surface area contributed by atoms with Crippen molar-refractivity contribution in [1.82, 2.24) is 10.6 Å².